The second-order valence-corrected chi connectivity index (χ2v) is 4.46. The van der Waals surface area contributed by atoms with Gasteiger partial charge in [-0.05, 0) is 64.6 Å². The number of rotatable bonds is 2. The van der Waals surface area contributed by atoms with Crippen molar-refractivity contribution in [2.24, 2.45) is 4.99 Å². The largest absolute Gasteiger partial charge is 0.508 e. The number of para-hydroxylation sites is 1. The zero-order valence-corrected chi connectivity index (χ0v) is 10.6. The van der Waals surface area contributed by atoms with E-state index in [-0.39, 0.29) is 5.75 Å². The van der Waals surface area contributed by atoms with Gasteiger partial charge in [-0.3, -0.25) is 4.99 Å². The van der Waals surface area contributed by atoms with Gasteiger partial charge >= 0.3 is 0 Å². The number of phenolic OH excluding ortho intramolecular Hbond substituents is 1. The number of benzene rings is 2. The van der Waals surface area contributed by atoms with Gasteiger partial charge < -0.3 is 5.11 Å². The molecule has 16 heavy (non-hydrogen) atoms. The monoisotopic (exact) mass is 323 g/mol. The predicted molar refractivity (Wildman–Crippen MR) is 74.5 cm³/mol. The molecule has 3 heteroatoms. The molecule has 2 aromatic carbocycles. The molecule has 0 aliphatic carbocycles. The van der Waals surface area contributed by atoms with Crippen molar-refractivity contribution >= 4 is 34.5 Å². The van der Waals surface area contributed by atoms with Crippen LogP contribution in [-0.4, -0.2) is 11.3 Å². The molecule has 0 radical (unpaired) electrons. The number of hydrogen-bond donors (Lipinski definition) is 1. The number of phenols is 1. The third-order valence-electron chi connectivity index (χ3n) is 2.10. The first-order valence-corrected chi connectivity index (χ1v) is 5.91. The van der Waals surface area contributed by atoms with Gasteiger partial charge in [-0.2, -0.15) is 0 Å². The molecule has 0 aliphatic rings. The smallest absolute Gasteiger partial charge is 0.115 e. The SMILES string of the molecule is Oc1ccc(C=Nc2ccccc2I)cc1. The van der Waals surface area contributed by atoms with Gasteiger partial charge in [0.15, 0.2) is 0 Å². The Balaban J connectivity index is 2.21. The Morgan fingerprint density at radius 1 is 1.00 bits per heavy atom. The van der Waals surface area contributed by atoms with Crippen LogP contribution in [0.5, 0.6) is 5.75 Å². The van der Waals surface area contributed by atoms with Gasteiger partial charge in [0.25, 0.3) is 0 Å². The molecule has 0 amide bonds. The van der Waals surface area contributed by atoms with Crippen LogP contribution in [0.3, 0.4) is 0 Å². The van der Waals surface area contributed by atoms with E-state index in [4.69, 9.17) is 5.11 Å². The highest BCUT2D eigenvalue weighted by molar-refractivity contribution is 14.1. The first-order chi connectivity index (χ1) is 7.75. The first-order valence-electron chi connectivity index (χ1n) is 4.83. The van der Waals surface area contributed by atoms with Gasteiger partial charge in [-0.25, -0.2) is 0 Å². The minimum Gasteiger partial charge on any atom is -0.508 e. The Morgan fingerprint density at radius 3 is 2.38 bits per heavy atom. The Bertz CT molecular complexity index is 506. The summed E-state index contributed by atoms with van der Waals surface area (Å²) < 4.78 is 1.12. The normalized spacial score (nSPS) is 10.8. The van der Waals surface area contributed by atoms with Crippen molar-refractivity contribution in [1.29, 1.82) is 0 Å². The molecule has 0 aliphatic heterocycles. The topological polar surface area (TPSA) is 32.6 Å². The van der Waals surface area contributed by atoms with Crippen molar-refractivity contribution in [3.8, 4) is 5.75 Å². The molecular formula is C13H10INO. The summed E-state index contributed by atoms with van der Waals surface area (Å²) in [5.74, 6) is 0.270. The number of halogens is 1. The molecule has 0 atom stereocenters. The number of aromatic hydroxyl groups is 1. The third-order valence-corrected chi connectivity index (χ3v) is 3.01. The van der Waals surface area contributed by atoms with Gasteiger partial charge in [0.1, 0.15) is 5.75 Å². The van der Waals surface area contributed by atoms with Crippen LogP contribution in [0.15, 0.2) is 53.5 Å². The van der Waals surface area contributed by atoms with Gasteiger partial charge in [-0.1, -0.05) is 12.1 Å². The molecule has 1 N–H and O–H groups in total. The van der Waals surface area contributed by atoms with Crippen LogP contribution in [0.2, 0.25) is 0 Å². The van der Waals surface area contributed by atoms with Crippen LogP contribution < -0.4 is 0 Å². The van der Waals surface area contributed by atoms with Crippen molar-refractivity contribution in [2.75, 3.05) is 0 Å². The summed E-state index contributed by atoms with van der Waals surface area (Å²) in [6.45, 7) is 0. The minimum atomic E-state index is 0.270. The lowest BCUT2D eigenvalue weighted by atomic mass is 10.2. The Morgan fingerprint density at radius 2 is 1.69 bits per heavy atom. The van der Waals surface area contributed by atoms with Crippen molar-refractivity contribution in [3.63, 3.8) is 0 Å². The van der Waals surface area contributed by atoms with E-state index in [0.717, 1.165) is 14.8 Å². The van der Waals surface area contributed by atoms with Crippen molar-refractivity contribution in [2.45, 2.75) is 0 Å². The van der Waals surface area contributed by atoms with E-state index in [9.17, 15) is 0 Å². The summed E-state index contributed by atoms with van der Waals surface area (Å²) in [6, 6.07) is 14.9. The van der Waals surface area contributed by atoms with Crippen LogP contribution >= 0.6 is 22.6 Å². The fourth-order valence-corrected chi connectivity index (χ4v) is 1.79. The fourth-order valence-electron chi connectivity index (χ4n) is 1.26. The zero-order valence-electron chi connectivity index (χ0n) is 8.47. The maximum atomic E-state index is 9.14. The molecule has 2 aromatic rings. The molecule has 0 bridgehead atoms. The number of hydrogen-bond acceptors (Lipinski definition) is 2. The second kappa shape index (κ2) is 5.12. The lowest BCUT2D eigenvalue weighted by Crippen LogP contribution is -1.80. The van der Waals surface area contributed by atoms with E-state index in [1.807, 2.05) is 36.4 Å². The summed E-state index contributed by atoms with van der Waals surface area (Å²) in [7, 11) is 0. The molecule has 0 spiro atoms. The third kappa shape index (κ3) is 2.82. The van der Waals surface area contributed by atoms with E-state index >= 15 is 0 Å². The van der Waals surface area contributed by atoms with Crippen LogP contribution in [-0.2, 0) is 0 Å². The molecule has 0 heterocycles. The van der Waals surface area contributed by atoms with E-state index in [1.165, 1.54) is 0 Å². The Hall–Kier alpha value is -1.36. The molecule has 0 saturated carbocycles. The molecule has 80 valence electrons. The Kier molecular flexibility index (Phi) is 3.56. The highest BCUT2D eigenvalue weighted by atomic mass is 127. The van der Waals surface area contributed by atoms with Crippen molar-refractivity contribution in [3.05, 3.63) is 57.7 Å². The summed E-state index contributed by atoms with van der Waals surface area (Å²) in [5, 5.41) is 9.14. The predicted octanol–water partition coefficient (Wildman–Crippen LogP) is 3.75. The quantitative estimate of drug-likeness (QED) is 0.663. The highest BCUT2D eigenvalue weighted by Gasteiger charge is 1.94. The van der Waals surface area contributed by atoms with Crippen LogP contribution in [0.1, 0.15) is 5.56 Å². The zero-order chi connectivity index (χ0) is 11.4. The van der Waals surface area contributed by atoms with E-state index in [2.05, 4.69) is 27.6 Å². The molecule has 0 fully saturated rings. The summed E-state index contributed by atoms with van der Waals surface area (Å²) in [4.78, 5) is 4.39. The van der Waals surface area contributed by atoms with Crippen molar-refractivity contribution in [1.82, 2.24) is 0 Å². The average Bonchev–Trinajstić information content (AvgIpc) is 2.30. The summed E-state index contributed by atoms with van der Waals surface area (Å²) in [5.41, 5.74) is 1.92. The van der Waals surface area contributed by atoms with Crippen LogP contribution in [0, 0.1) is 3.57 Å². The van der Waals surface area contributed by atoms with Crippen LogP contribution in [0.25, 0.3) is 0 Å². The molecular weight excluding hydrogens is 313 g/mol. The van der Waals surface area contributed by atoms with Crippen LogP contribution in [0.4, 0.5) is 5.69 Å². The highest BCUT2D eigenvalue weighted by Crippen LogP contribution is 2.20. The van der Waals surface area contributed by atoms with Gasteiger partial charge in [0.2, 0.25) is 0 Å². The Labute approximate surface area is 108 Å². The van der Waals surface area contributed by atoms with Gasteiger partial charge in [0.05, 0.1) is 5.69 Å². The average molecular weight is 323 g/mol. The molecule has 0 aromatic heterocycles. The van der Waals surface area contributed by atoms with Gasteiger partial charge in [-0.15, -0.1) is 0 Å². The molecule has 0 saturated heterocycles. The van der Waals surface area contributed by atoms with E-state index in [0.29, 0.717) is 0 Å². The lowest BCUT2D eigenvalue weighted by Gasteiger charge is -1.97. The lowest BCUT2D eigenvalue weighted by molar-refractivity contribution is 0.475. The molecule has 2 nitrogen and oxygen atoms in total. The standard InChI is InChI=1S/C13H10INO/c14-12-3-1-2-4-13(12)15-9-10-5-7-11(16)8-6-10/h1-9,16H. The summed E-state index contributed by atoms with van der Waals surface area (Å²) in [6.07, 6.45) is 1.79. The maximum absolute atomic E-state index is 9.14. The van der Waals surface area contributed by atoms with Gasteiger partial charge in [0, 0.05) is 9.78 Å². The van der Waals surface area contributed by atoms with Crippen molar-refractivity contribution < 1.29 is 5.11 Å². The number of nitrogens with zero attached hydrogens (tertiary/aromatic N) is 1. The minimum absolute atomic E-state index is 0.270. The second-order valence-electron chi connectivity index (χ2n) is 3.30. The summed E-state index contributed by atoms with van der Waals surface area (Å²) >= 11 is 2.25. The van der Waals surface area contributed by atoms with E-state index < -0.39 is 0 Å². The number of aliphatic imine (C=N–C) groups is 1. The van der Waals surface area contributed by atoms with E-state index in [1.54, 1.807) is 18.3 Å². The fraction of sp³-hybridized carbons (Fsp3) is 0. The maximum Gasteiger partial charge on any atom is 0.115 e. The molecule has 2 rings (SSSR count). The molecule has 0 unspecified atom stereocenters. The first kappa shape index (κ1) is 11.1.